The smallest absolute Gasteiger partial charge is 0.453 e. The van der Waals surface area contributed by atoms with Gasteiger partial charge in [-0.15, -0.1) is 13.2 Å². The van der Waals surface area contributed by atoms with E-state index in [0.717, 1.165) is 18.9 Å². The highest BCUT2D eigenvalue weighted by molar-refractivity contribution is 6.32. The number of aromatic amines is 1. The van der Waals surface area contributed by atoms with Gasteiger partial charge < -0.3 is 39.8 Å². The number of alkyl carbamates (subject to hydrolysis) is 1. The predicted octanol–water partition coefficient (Wildman–Crippen LogP) is 7.77. The minimum Gasteiger partial charge on any atom is -0.453 e. The number of carbonyl (C=O) groups excluding carboxylic acids is 4. The lowest BCUT2D eigenvalue weighted by molar-refractivity contribution is -0.274. The number of anilines is 1. The summed E-state index contributed by atoms with van der Waals surface area (Å²) in [6.45, 7) is 15.5. The number of hydrogen-bond donors (Lipinski definition) is 3. The van der Waals surface area contributed by atoms with Crippen molar-refractivity contribution >= 4 is 41.2 Å². The van der Waals surface area contributed by atoms with Gasteiger partial charge in [0.05, 0.1) is 13.2 Å². The van der Waals surface area contributed by atoms with Gasteiger partial charge in [0.2, 0.25) is 11.8 Å². The maximum Gasteiger partial charge on any atom is 0.573 e. The Labute approximate surface area is 359 Å². The summed E-state index contributed by atoms with van der Waals surface area (Å²) >= 11 is 6.67. The third-order valence-corrected chi connectivity index (χ3v) is 11.9. The largest absolute Gasteiger partial charge is 0.573 e. The fraction of sp³-hybridized carbons (Fsp3) is 0.558. The summed E-state index contributed by atoms with van der Waals surface area (Å²) in [5, 5.41) is 5.60. The molecule has 3 aromatic rings. The normalized spacial score (nSPS) is 19.8. The number of halogens is 4. The van der Waals surface area contributed by atoms with Crippen LogP contribution in [0.1, 0.15) is 72.7 Å². The molecule has 18 heteroatoms. The van der Waals surface area contributed by atoms with Crippen molar-refractivity contribution in [1.29, 1.82) is 0 Å². The molecule has 5 amide bonds. The van der Waals surface area contributed by atoms with Crippen LogP contribution in [-0.4, -0.2) is 125 Å². The Morgan fingerprint density at radius 2 is 1.56 bits per heavy atom. The summed E-state index contributed by atoms with van der Waals surface area (Å²) in [5.74, 6) is -0.208. The van der Waals surface area contributed by atoms with Gasteiger partial charge in [0.1, 0.15) is 28.5 Å². The standard InChI is InChI=1S/C43H56ClF3N8O6/c1-25(2)34(50-41(59)60-7)38(56)55-24-26(3)22-32(55)37-49-35(36(44)51-37)28-10-8-27(9-11-28)31-13-12-29(23-33(31)61-43(45,46)47)48-40(58)54-20-18-52(19-21-54)30-14-16-53(17-15-30)39(57)42(4,5)6/h8-13,23,25-26,30,32,34H,14-22,24H2,1-7H3,(H,48,58)(H,49,51)(H,50,59)/t26-,32-,34-/m0/s1. The Bertz CT molecular complexity index is 2060. The maximum absolute atomic E-state index is 13.7. The average Bonchev–Trinajstić information content (AvgIpc) is 3.80. The molecule has 0 saturated carbocycles. The summed E-state index contributed by atoms with van der Waals surface area (Å²) in [6.07, 6.45) is -3.37. The van der Waals surface area contributed by atoms with Crippen LogP contribution in [0.3, 0.4) is 0 Å². The number of aromatic nitrogens is 2. The first kappa shape index (κ1) is 45.5. The van der Waals surface area contributed by atoms with Gasteiger partial charge in [-0.3, -0.25) is 14.5 Å². The van der Waals surface area contributed by atoms with Crippen molar-refractivity contribution in [1.82, 2.24) is 34.9 Å². The second kappa shape index (κ2) is 18.5. The summed E-state index contributed by atoms with van der Waals surface area (Å²) < 4.78 is 50.4. The van der Waals surface area contributed by atoms with E-state index in [1.54, 1.807) is 34.1 Å². The van der Waals surface area contributed by atoms with Crippen LogP contribution >= 0.6 is 11.6 Å². The maximum atomic E-state index is 13.7. The molecular weight excluding hydrogens is 817 g/mol. The number of H-pyrrole nitrogens is 1. The molecule has 3 atom stereocenters. The first-order chi connectivity index (χ1) is 28.7. The van der Waals surface area contributed by atoms with E-state index in [9.17, 15) is 32.3 Å². The van der Waals surface area contributed by atoms with Gasteiger partial charge in [-0.1, -0.05) is 77.4 Å². The van der Waals surface area contributed by atoms with Crippen LogP contribution in [0.5, 0.6) is 5.75 Å². The van der Waals surface area contributed by atoms with Crippen LogP contribution < -0.4 is 15.4 Å². The van der Waals surface area contributed by atoms with Gasteiger partial charge in [0, 0.05) is 80.2 Å². The average molecular weight is 873 g/mol. The zero-order valence-electron chi connectivity index (χ0n) is 35.7. The third kappa shape index (κ3) is 10.9. The summed E-state index contributed by atoms with van der Waals surface area (Å²) in [4.78, 5) is 67.3. The number of ether oxygens (including phenoxy) is 2. The van der Waals surface area contributed by atoms with Crippen LogP contribution in [0.15, 0.2) is 42.5 Å². The van der Waals surface area contributed by atoms with Crippen LogP contribution in [0.25, 0.3) is 22.4 Å². The molecule has 3 saturated heterocycles. The first-order valence-corrected chi connectivity index (χ1v) is 21.1. The van der Waals surface area contributed by atoms with Gasteiger partial charge in [-0.05, 0) is 48.8 Å². The van der Waals surface area contributed by atoms with E-state index in [1.165, 1.54) is 19.2 Å². The number of nitrogens with one attached hydrogen (secondary N) is 3. The number of piperidine rings is 1. The number of nitrogens with zero attached hydrogens (tertiary/aromatic N) is 5. The van der Waals surface area contributed by atoms with Gasteiger partial charge in [-0.2, -0.15) is 0 Å². The molecule has 3 aliphatic rings. The van der Waals surface area contributed by atoms with Gasteiger partial charge >= 0.3 is 18.5 Å². The molecule has 0 bridgehead atoms. The first-order valence-electron chi connectivity index (χ1n) is 20.7. The number of methoxy groups -OCH3 is 1. The molecule has 14 nitrogen and oxygen atoms in total. The second-order valence-electron chi connectivity index (χ2n) is 17.6. The quantitative estimate of drug-likeness (QED) is 0.197. The molecule has 1 aromatic heterocycles. The molecule has 0 aliphatic carbocycles. The van der Waals surface area contributed by atoms with Crippen molar-refractivity contribution in [2.24, 2.45) is 17.3 Å². The molecule has 3 fully saturated rings. The number of rotatable bonds is 9. The monoisotopic (exact) mass is 872 g/mol. The van der Waals surface area contributed by atoms with Crippen molar-refractivity contribution in [2.45, 2.75) is 85.3 Å². The van der Waals surface area contributed by atoms with E-state index in [4.69, 9.17) is 21.3 Å². The van der Waals surface area contributed by atoms with Crippen LogP contribution in [0.4, 0.5) is 28.4 Å². The molecule has 3 N–H and O–H groups in total. The van der Waals surface area contributed by atoms with E-state index < -0.39 is 41.7 Å². The Morgan fingerprint density at radius 1 is 0.918 bits per heavy atom. The van der Waals surface area contributed by atoms with Crippen LogP contribution in [-0.2, 0) is 14.3 Å². The predicted molar refractivity (Wildman–Crippen MR) is 225 cm³/mol. The number of hydrogen-bond acceptors (Lipinski definition) is 8. The molecule has 0 unspecified atom stereocenters. The highest BCUT2D eigenvalue weighted by atomic mass is 35.5. The van der Waals surface area contributed by atoms with Gasteiger partial charge in [0.15, 0.2) is 0 Å². The topological polar surface area (TPSA) is 152 Å². The second-order valence-corrected chi connectivity index (χ2v) is 17.9. The van der Waals surface area contributed by atoms with E-state index in [1.807, 2.05) is 46.4 Å². The number of carbonyl (C=O) groups is 4. The van der Waals surface area contributed by atoms with E-state index in [0.29, 0.717) is 80.9 Å². The molecule has 0 radical (unpaired) electrons. The zero-order chi connectivity index (χ0) is 44.4. The van der Waals surface area contributed by atoms with Crippen molar-refractivity contribution in [3.63, 3.8) is 0 Å². The molecular formula is C43H56ClF3N8O6. The molecule has 6 rings (SSSR count). The van der Waals surface area contributed by atoms with Gasteiger partial charge in [-0.25, -0.2) is 14.6 Å². The van der Waals surface area contributed by atoms with Gasteiger partial charge in [0.25, 0.3) is 0 Å². The fourth-order valence-electron chi connectivity index (χ4n) is 8.40. The van der Waals surface area contributed by atoms with E-state index in [2.05, 4.69) is 25.3 Å². The van der Waals surface area contributed by atoms with Crippen molar-refractivity contribution in [3.05, 3.63) is 53.4 Å². The molecule has 0 spiro atoms. The minimum atomic E-state index is -5.00. The lowest BCUT2D eigenvalue weighted by Gasteiger charge is -2.43. The summed E-state index contributed by atoms with van der Waals surface area (Å²) in [5.41, 5.74) is 1.26. The Hall–Kier alpha value is -5.03. The fourth-order valence-corrected chi connectivity index (χ4v) is 8.65. The molecule has 61 heavy (non-hydrogen) atoms. The number of likely N-dealkylation sites (tertiary alicyclic amines) is 2. The Balaban J connectivity index is 1.11. The van der Waals surface area contributed by atoms with Crippen LogP contribution in [0, 0.1) is 17.3 Å². The van der Waals surface area contributed by atoms with E-state index in [-0.39, 0.29) is 40.1 Å². The van der Waals surface area contributed by atoms with Crippen molar-refractivity contribution in [3.8, 4) is 28.1 Å². The van der Waals surface area contributed by atoms with E-state index >= 15 is 0 Å². The molecule has 3 aliphatic heterocycles. The highest BCUT2D eigenvalue weighted by Crippen LogP contribution is 2.40. The SMILES string of the molecule is COC(=O)N[C@H](C(=O)N1C[C@@H](C)C[C@H]1c1nc(-c2ccc(-c3ccc(NC(=O)N4CCN(C5CCN(C(=O)C(C)(C)C)CC5)CC4)cc3OC(F)(F)F)cc2)c(Cl)[nH]1)C(C)C. The number of alkyl halides is 3. The lowest BCUT2D eigenvalue weighted by Crippen LogP contribution is -2.56. The molecule has 4 heterocycles. The molecule has 2 aromatic carbocycles. The van der Waals surface area contributed by atoms with Crippen molar-refractivity contribution < 1.29 is 41.8 Å². The number of benzene rings is 2. The number of urea groups is 1. The van der Waals surface area contributed by atoms with Crippen molar-refractivity contribution in [2.75, 3.05) is 58.2 Å². The summed E-state index contributed by atoms with van der Waals surface area (Å²) in [6, 6.07) is 9.40. The Kier molecular flexibility index (Phi) is 13.8. The minimum absolute atomic E-state index is 0.141. The van der Waals surface area contributed by atoms with Crippen LogP contribution in [0.2, 0.25) is 5.15 Å². The number of piperazine rings is 1. The summed E-state index contributed by atoms with van der Waals surface area (Å²) in [7, 11) is 1.24. The zero-order valence-corrected chi connectivity index (χ0v) is 36.5. The number of imidazole rings is 1. The Morgan fingerprint density at radius 3 is 2.15 bits per heavy atom. The molecule has 332 valence electrons. The lowest BCUT2D eigenvalue weighted by atomic mass is 9.92. The third-order valence-electron chi connectivity index (χ3n) is 11.6. The number of amides is 5. The highest BCUT2D eigenvalue weighted by Gasteiger charge is 2.41.